The van der Waals surface area contributed by atoms with Gasteiger partial charge < -0.3 is 33.8 Å². The number of carbonyl (C=O) groups excluding carboxylic acids is 4. The van der Waals surface area contributed by atoms with Crippen LogP contribution >= 0.6 is 15.6 Å². The number of hydrogen-bond acceptors (Lipinski definition) is 15. The Morgan fingerprint density at radius 2 is 0.452 bits per heavy atom. The molecule has 0 bridgehead atoms. The van der Waals surface area contributed by atoms with Crippen molar-refractivity contribution in [1.29, 1.82) is 0 Å². The smallest absolute Gasteiger partial charge is 0.462 e. The minimum Gasteiger partial charge on any atom is -0.462 e. The van der Waals surface area contributed by atoms with Crippen LogP contribution in [0.25, 0.3) is 0 Å². The first kappa shape index (κ1) is 91.1. The fourth-order valence-corrected chi connectivity index (χ4v) is 12.8. The van der Waals surface area contributed by atoms with Gasteiger partial charge in [0.15, 0.2) is 12.2 Å². The summed E-state index contributed by atoms with van der Waals surface area (Å²) in [6.07, 6.45) is 47.7. The lowest BCUT2D eigenvalue weighted by Crippen LogP contribution is -2.30. The lowest BCUT2D eigenvalue weighted by molar-refractivity contribution is -0.161. The van der Waals surface area contributed by atoms with Crippen LogP contribution in [0.15, 0.2) is 0 Å². The molecule has 0 rings (SSSR count). The van der Waals surface area contributed by atoms with Crippen LogP contribution in [0, 0.1) is 23.7 Å². The molecule has 0 spiro atoms. The van der Waals surface area contributed by atoms with Crippen LogP contribution in [-0.4, -0.2) is 96.7 Å². The van der Waals surface area contributed by atoms with Crippen LogP contribution in [0.2, 0.25) is 0 Å². The van der Waals surface area contributed by atoms with Gasteiger partial charge in [-0.25, -0.2) is 9.13 Å². The van der Waals surface area contributed by atoms with Crippen LogP contribution in [-0.2, 0) is 65.4 Å². The zero-order valence-corrected chi connectivity index (χ0v) is 62.7. The Kier molecular flexibility index (Phi) is 62.2. The number of ether oxygens (including phenoxy) is 4. The monoisotopic (exact) mass is 1370 g/mol. The zero-order valence-electron chi connectivity index (χ0n) is 60.9. The minimum atomic E-state index is -4.96. The van der Waals surface area contributed by atoms with Gasteiger partial charge in [0.25, 0.3) is 0 Å². The Balaban J connectivity index is 5.15. The number of aliphatic hydroxyl groups is 1. The average Bonchev–Trinajstić information content (AvgIpc) is 1.38. The van der Waals surface area contributed by atoms with Crippen molar-refractivity contribution in [1.82, 2.24) is 0 Å². The Bertz CT molecular complexity index is 1830. The Morgan fingerprint density at radius 3 is 0.667 bits per heavy atom. The van der Waals surface area contributed by atoms with Crippen LogP contribution in [0.3, 0.4) is 0 Å². The molecule has 0 fully saturated rings. The fraction of sp³-hybridized carbons (Fsp3) is 0.946. The molecular weight excluding hydrogens is 1220 g/mol. The number of unbranched alkanes of at least 4 members (excludes halogenated alkanes) is 37. The van der Waals surface area contributed by atoms with Gasteiger partial charge in [0.2, 0.25) is 0 Å². The molecule has 3 N–H and O–H groups in total. The number of esters is 4. The molecule has 0 aliphatic heterocycles. The van der Waals surface area contributed by atoms with Gasteiger partial charge in [-0.15, -0.1) is 0 Å². The number of phosphoric acid groups is 2. The summed E-state index contributed by atoms with van der Waals surface area (Å²) in [6.45, 7) is 14.1. The molecule has 0 radical (unpaired) electrons. The highest BCUT2D eigenvalue weighted by atomic mass is 31.2. The summed E-state index contributed by atoms with van der Waals surface area (Å²) in [6, 6.07) is 0. The van der Waals surface area contributed by atoms with E-state index in [9.17, 15) is 43.2 Å². The van der Waals surface area contributed by atoms with E-state index in [0.717, 1.165) is 108 Å². The highest BCUT2D eigenvalue weighted by Crippen LogP contribution is 2.45. The lowest BCUT2D eigenvalue weighted by Gasteiger charge is -2.21. The first-order valence-electron chi connectivity index (χ1n) is 38.2. The van der Waals surface area contributed by atoms with Crippen molar-refractivity contribution in [3.05, 3.63) is 0 Å². The predicted molar refractivity (Wildman–Crippen MR) is 377 cm³/mol. The summed E-state index contributed by atoms with van der Waals surface area (Å²) >= 11 is 0. The minimum absolute atomic E-state index is 0.101. The zero-order chi connectivity index (χ0) is 68.9. The van der Waals surface area contributed by atoms with E-state index in [0.29, 0.717) is 37.5 Å². The van der Waals surface area contributed by atoms with E-state index in [1.165, 1.54) is 167 Å². The molecule has 93 heavy (non-hydrogen) atoms. The lowest BCUT2D eigenvalue weighted by atomic mass is 10.0. The molecule has 0 amide bonds. The number of phosphoric ester groups is 2. The van der Waals surface area contributed by atoms with Gasteiger partial charge in [-0.3, -0.25) is 37.3 Å². The summed E-state index contributed by atoms with van der Waals surface area (Å²) in [7, 11) is -9.90. The maximum atomic E-state index is 13.1. The SMILES string of the molecule is CC(C)CCCCCCCCCCCCCCCCCCCCC(=O)OC[C@H](COP(=O)(O)OCC(O)COP(=O)(O)OC[C@@H](COC(=O)CCCCCCCCCC(C)C)OC(=O)CCCCCCCCC(C)C)OC(=O)CCCCCCCCCCCCC(C)C. The number of aliphatic hydroxyl groups excluding tert-OH is 1. The van der Waals surface area contributed by atoms with Gasteiger partial charge in [0, 0.05) is 25.7 Å². The molecule has 5 atom stereocenters. The maximum Gasteiger partial charge on any atom is 0.472 e. The molecule has 0 aromatic rings. The quantitative estimate of drug-likeness (QED) is 0.0222. The van der Waals surface area contributed by atoms with Crippen molar-refractivity contribution < 1.29 is 80.2 Å². The average molecular weight is 1370 g/mol. The van der Waals surface area contributed by atoms with Crippen LogP contribution in [0.5, 0.6) is 0 Å². The number of carbonyl (C=O) groups is 4. The molecular formula is C74H144O17P2. The number of rotatable bonds is 71. The summed E-state index contributed by atoms with van der Waals surface area (Å²) < 4.78 is 68.3. The van der Waals surface area contributed by atoms with Crippen molar-refractivity contribution in [2.45, 2.75) is 388 Å². The molecule has 17 nitrogen and oxygen atoms in total. The molecule has 552 valence electrons. The van der Waals surface area contributed by atoms with Gasteiger partial charge in [-0.05, 0) is 49.4 Å². The van der Waals surface area contributed by atoms with E-state index >= 15 is 0 Å². The van der Waals surface area contributed by atoms with Crippen molar-refractivity contribution in [3.63, 3.8) is 0 Å². The topological polar surface area (TPSA) is 237 Å². The summed E-state index contributed by atoms with van der Waals surface area (Å²) in [5.41, 5.74) is 0. The van der Waals surface area contributed by atoms with Gasteiger partial charge in [-0.1, -0.05) is 319 Å². The summed E-state index contributed by atoms with van der Waals surface area (Å²) in [4.78, 5) is 72.6. The van der Waals surface area contributed by atoms with E-state index in [2.05, 4.69) is 55.4 Å². The predicted octanol–water partition coefficient (Wildman–Crippen LogP) is 21.3. The Labute approximate surface area is 568 Å². The standard InChI is InChI=1S/C74H144O17P2/c1-64(2)50-42-34-26-21-17-15-13-11-9-10-12-14-16-18-23-29-38-46-54-71(76)84-60-69(90-73(78)56-48-40-30-24-20-19-22-27-35-43-51-65(3)4)62-88-92(80,81)86-58-68(75)59-87-93(82,83)89-63-70(91-74(79)57-49-41-33-32-37-45-53-67(7)8)61-85-72(77)55-47-39-31-25-28-36-44-52-66(5)6/h64-70,75H,9-63H2,1-8H3,(H,80,81)(H,82,83)/t68?,69-,70-/m1/s1. The third kappa shape index (κ3) is 68.4. The van der Waals surface area contributed by atoms with E-state index < -0.39 is 97.5 Å². The van der Waals surface area contributed by atoms with Crippen LogP contribution in [0.1, 0.15) is 370 Å². The first-order chi connectivity index (χ1) is 44.6. The van der Waals surface area contributed by atoms with Crippen LogP contribution in [0.4, 0.5) is 0 Å². The van der Waals surface area contributed by atoms with Gasteiger partial charge in [0.05, 0.1) is 26.4 Å². The summed E-state index contributed by atoms with van der Waals surface area (Å²) in [5.74, 6) is 0.819. The summed E-state index contributed by atoms with van der Waals surface area (Å²) in [5, 5.41) is 10.6. The third-order valence-corrected chi connectivity index (χ3v) is 19.0. The molecule has 0 aliphatic rings. The van der Waals surface area contributed by atoms with E-state index in [1.807, 2.05) is 0 Å². The fourth-order valence-electron chi connectivity index (χ4n) is 11.2. The van der Waals surface area contributed by atoms with Gasteiger partial charge in [0.1, 0.15) is 19.3 Å². The Morgan fingerprint density at radius 1 is 0.269 bits per heavy atom. The Hall–Kier alpha value is -1.94. The van der Waals surface area contributed by atoms with Crippen molar-refractivity contribution >= 4 is 39.5 Å². The maximum absolute atomic E-state index is 13.1. The van der Waals surface area contributed by atoms with Gasteiger partial charge >= 0.3 is 39.5 Å². The van der Waals surface area contributed by atoms with Crippen LogP contribution < -0.4 is 0 Å². The second-order valence-corrected chi connectivity index (χ2v) is 31.5. The first-order valence-corrected chi connectivity index (χ1v) is 41.2. The molecule has 3 unspecified atom stereocenters. The molecule has 0 saturated heterocycles. The van der Waals surface area contributed by atoms with E-state index in [1.54, 1.807) is 0 Å². The third-order valence-electron chi connectivity index (χ3n) is 17.1. The molecule has 19 heteroatoms. The van der Waals surface area contributed by atoms with Crippen molar-refractivity contribution in [2.24, 2.45) is 23.7 Å². The normalized spacial score (nSPS) is 14.2. The molecule has 0 aromatic carbocycles. The molecule has 0 saturated carbocycles. The van der Waals surface area contributed by atoms with Crippen molar-refractivity contribution in [3.8, 4) is 0 Å². The van der Waals surface area contributed by atoms with E-state index in [4.69, 9.17) is 37.0 Å². The molecule has 0 aromatic heterocycles. The second kappa shape index (κ2) is 63.5. The van der Waals surface area contributed by atoms with Gasteiger partial charge in [-0.2, -0.15) is 0 Å². The largest absolute Gasteiger partial charge is 0.472 e. The second-order valence-electron chi connectivity index (χ2n) is 28.6. The molecule has 0 aliphatic carbocycles. The highest BCUT2D eigenvalue weighted by molar-refractivity contribution is 7.47. The number of hydrogen-bond donors (Lipinski definition) is 3. The highest BCUT2D eigenvalue weighted by Gasteiger charge is 2.30. The molecule has 0 heterocycles. The van der Waals surface area contributed by atoms with E-state index in [-0.39, 0.29) is 25.7 Å². The van der Waals surface area contributed by atoms with Crippen molar-refractivity contribution in [2.75, 3.05) is 39.6 Å².